The number of hydrogen-bond acceptors (Lipinski definition) is 4. The fourth-order valence-electron chi connectivity index (χ4n) is 3.02. The molecule has 0 unspecified atom stereocenters. The predicted molar refractivity (Wildman–Crippen MR) is 131 cm³/mol. The van der Waals surface area contributed by atoms with Crippen LogP contribution in [0.15, 0.2) is 29.3 Å². The molecule has 0 bridgehead atoms. The van der Waals surface area contributed by atoms with E-state index in [-0.39, 0.29) is 29.7 Å². The molecule has 1 aromatic carbocycles. The number of aliphatic imine (C=N–C) groups is 1. The van der Waals surface area contributed by atoms with Crippen LogP contribution >= 0.6 is 24.0 Å². The minimum absolute atomic E-state index is 0. The Hall–Kier alpha value is -1.07. The van der Waals surface area contributed by atoms with Gasteiger partial charge in [0.05, 0.1) is 11.4 Å². The highest BCUT2D eigenvalue weighted by molar-refractivity contribution is 14.0. The summed E-state index contributed by atoms with van der Waals surface area (Å²) in [4.78, 5) is 4.49. The molecule has 0 aromatic heterocycles. The van der Waals surface area contributed by atoms with Crippen LogP contribution in [0.1, 0.15) is 32.8 Å². The molecule has 166 valence electrons. The molecule has 0 saturated heterocycles. The van der Waals surface area contributed by atoms with E-state index in [2.05, 4.69) is 29.5 Å². The number of fused-ring (bicyclic) bond motifs is 1. The van der Waals surface area contributed by atoms with Gasteiger partial charge in [-0.1, -0.05) is 32.0 Å². The summed E-state index contributed by atoms with van der Waals surface area (Å²) in [6.07, 6.45) is 1.61. The first kappa shape index (κ1) is 26.0. The molecule has 0 fully saturated rings. The summed E-state index contributed by atoms with van der Waals surface area (Å²) in [5.74, 6) is 1.21. The van der Waals surface area contributed by atoms with Crippen LogP contribution in [0.25, 0.3) is 0 Å². The molecule has 1 aliphatic heterocycles. The number of guanidine groups is 1. The molecule has 1 aliphatic rings. The maximum Gasteiger partial charge on any atom is 0.236 e. The van der Waals surface area contributed by atoms with Crippen molar-refractivity contribution in [3.05, 3.63) is 29.8 Å². The Kier molecular flexibility index (Phi) is 11.9. The Balaban J connectivity index is 0.00000420. The van der Waals surface area contributed by atoms with Gasteiger partial charge in [-0.25, -0.2) is 8.42 Å². The summed E-state index contributed by atoms with van der Waals surface area (Å²) in [5, 5.41) is 6.28. The minimum atomic E-state index is -3.36. The topological polar surface area (TPSA) is 83.0 Å². The molecule has 1 aromatic rings. The highest BCUT2D eigenvalue weighted by atomic mass is 127. The normalized spacial score (nSPS) is 13.9. The maximum atomic E-state index is 12.7. The van der Waals surface area contributed by atoms with Gasteiger partial charge in [0.1, 0.15) is 0 Å². The molecular weight excluding hydrogens is 503 g/mol. The molecule has 0 saturated carbocycles. The largest absolute Gasteiger partial charge is 0.381 e. The van der Waals surface area contributed by atoms with Crippen LogP contribution in [0, 0.1) is 5.92 Å². The van der Waals surface area contributed by atoms with Gasteiger partial charge in [0.15, 0.2) is 5.96 Å². The number of nitrogens with zero attached hydrogens (tertiary/aromatic N) is 2. The predicted octanol–water partition coefficient (Wildman–Crippen LogP) is 2.61. The summed E-state index contributed by atoms with van der Waals surface area (Å²) in [5.41, 5.74) is 1.90. The Labute approximate surface area is 192 Å². The molecule has 0 spiro atoms. The second-order valence-corrected chi connectivity index (χ2v) is 9.29. The summed E-state index contributed by atoms with van der Waals surface area (Å²) in [6, 6.07) is 7.69. The average molecular weight is 538 g/mol. The average Bonchev–Trinajstić information content (AvgIpc) is 3.09. The molecular formula is C20H35IN4O3S. The lowest BCUT2D eigenvalue weighted by Gasteiger charge is -2.20. The van der Waals surface area contributed by atoms with Crippen molar-refractivity contribution in [3.8, 4) is 0 Å². The van der Waals surface area contributed by atoms with Crippen molar-refractivity contribution in [1.82, 2.24) is 10.6 Å². The van der Waals surface area contributed by atoms with Crippen molar-refractivity contribution in [3.63, 3.8) is 0 Å². The van der Waals surface area contributed by atoms with E-state index < -0.39 is 10.0 Å². The lowest BCUT2D eigenvalue weighted by atomic mass is 10.2. The molecule has 1 heterocycles. The van der Waals surface area contributed by atoms with Crippen LogP contribution in [0.2, 0.25) is 0 Å². The van der Waals surface area contributed by atoms with Gasteiger partial charge < -0.3 is 15.4 Å². The van der Waals surface area contributed by atoms with Gasteiger partial charge in [0.2, 0.25) is 10.0 Å². The van der Waals surface area contributed by atoms with E-state index in [1.54, 1.807) is 0 Å². The zero-order valence-electron chi connectivity index (χ0n) is 17.7. The van der Waals surface area contributed by atoms with Gasteiger partial charge in [0, 0.05) is 39.4 Å². The first-order valence-corrected chi connectivity index (χ1v) is 11.7. The molecule has 0 amide bonds. The molecule has 2 N–H and O–H groups in total. The fraction of sp³-hybridized carbons (Fsp3) is 0.650. The number of halogens is 1. The van der Waals surface area contributed by atoms with Gasteiger partial charge in [0.25, 0.3) is 0 Å². The number of benzene rings is 1. The van der Waals surface area contributed by atoms with Crippen LogP contribution in [-0.4, -0.2) is 59.5 Å². The SMILES string of the molecule is CCNC(=NCCCOCC(C)C)NCCS(=O)(=O)N1CCc2ccccc21.I. The van der Waals surface area contributed by atoms with Gasteiger partial charge in [-0.05, 0) is 37.3 Å². The second-order valence-electron chi connectivity index (χ2n) is 7.28. The van der Waals surface area contributed by atoms with Gasteiger partial charge in [-0.15, -0.1) is 24.0 Å². The first-order valence-electron chi connectivity index (χ1n) is 10.1. The highest BCUT2D eigenvalue weighted by Gasteiger charge is 2.28. The molecule has 2 rings (SSSR count). The summed E-state index contributed by atoms with van der Waals surface area (Å²) in [7, 11) is -3.36. The third kappa shape index (κ3) is 8.67. The number of sulfonamides is 1. The van der Waals surface area contributed by atoms with Crippen LogP contribution in [0.5, 0.6) is 0 Å². The number of rotatable bonds is 11. The number of ether oxygens (including phenoxy) is 1. The Bertz CT molecular complexity index is 741. The summed E-state index contributed by atoms with van der Waals surface area (Å²) in [6.45, 7) is 9.88. The van der Waals surface area contributed by atoms with Crippen LogP contribution in [0.4, 0.5) is 5.69 Å². The minimum Gasteiger partial charge on any atom is -0.381 e. The smallest absolute Gasteiger partial charge is 0.236 e. The number of para-hydroxylation sites is 1. The third-order valence-electron chi connectivity index (χ3n) is 4.34. The quantitative estimate of drug-likeness (QED) is 0.196. The second kappa shape index (κ2) is 13.3. The summed E-state index contributed by atoms with van der Waals surface area (Å²) >= 11 is 0. The molecule has 29 heavy (non-hydrogen) atoms. The fourth-order valence-corrected chi connectivity index (χ4v) is 4.45. The Morgan fingerprint density at radius 1 is 1.28 bits per heavy atom. The number of anilines is 1. The lowest BCUT2D eigenvalue weighted by Crippen LogP contribution is -2.42. The number of nitrogens with one attached hydrogen (secondary N) is 2. The van der Waals surface area contributed by atoms with E-state index in [0.29, 0.717) is 38.1 Å². The van der Waals surface area contributed by atoms with Crippen molar-refractivity contribution >= 4 is 45.6 Å². The lowest BCUT2D eigenvalue weighted by molar-refractivity contribution is 0.109. The van der Waals surface area contributed by atoms with Crippen molar-refractivity contribution in [2.45, 2.75) is 33.6 Å². The molecule has 9 heteroatoms. The van der Waals surface area contributed by atoms with E-state index in [9.17, 15) is 8.42 Å². The highest BCUT2D eigenvalue weighted by Crippen LogP contribution is 2.29. The Morgan fingerprint density at radius 3 is 2.76 bits per heavy atom. The molecule has 0 aliphatic carbocycles. The zero-order chi connectivity index (χ0) is 20.4. The van der Waals surface area contributed by atoms with Crippen molar-refractivity contribution in [2.75, 3.05) is 49.5 Å². The van der Waals surface area contributed by atoms with Crippen LogP contribution in [0.3, 0.4) is 0 Å². The standard InChI is InChI=1S/C20H34N4O3S.HI/c1-4-21-20(22-11-7-14-27-16-17(2)3)23-12-15-28(25,26)24-13-10-18-8-5-6-9-19(18)24;/h5-6,8-9,17H,4,7,10-16H2,1-3H3,(H2,21,22,23);1H. The maximum absolute atomic E-state index is 12.7. The van der Waals surface area contributed by atoms with E-state index in [1.165, 1.54) is 4.31 Å². The molecule has 0 atom stereocenters. The van der Waals surface area contributed by atoms with Gasteiger partial charge >= 0.3 is 0 Å². The van der Waals surface area contributed by atoms with Gasteiger partial charge in [-0.3, -0.25) is 9.30 Å². The number of hydrogen-bond donors (Lipinski definition) is 2. The Morgan fingerprint density at radius 2 is 2.03 bits per heavy atom. The van der Waals surface area contributed by atoms with Crippen LogP contribution < -0.4 is 14.9 Å². The third-order valence-corrected chi connectivity index (χ3v) is 6.12. The molecule has 0 radical (unpaired) electrons. The van der Waals surface area contributed by atoms with E-state index in [0.717, 1.165) is 37.2 Å². The van der Waals surface area contributed by atoms with Crippen molar-refractivity contribution < 1.29 is 13.2 Å². The summed E-state index contributed by atoms with van der Waals surface area (Å²) < 4.78 is 32.5. The monoisotopic (exact) mass is 538 g/mol. The van der Waals surface area contributed by atoms with Crippen molar-refractivity contribution in [2.24, 2.45) is 10.9 Å². The van der Waals surface area contributed by atoms with E-state index in [4.69, 9.17) is 4.74 Å². The molecule has 7 nitrogen and oxygen atoms in total. The zero-order valence-corrected chi connectivity index (χ0v) is 20.8. The van der Waals surface area contributed by atoms with Gasteiger partial charge in [-0.2, -0.15) is 0 Å². The van der Waals surface area contributed by atoms with E-state index >= 15 is 0 Å². The van der Waals surface area contributed by atoms with Crippen LogP contribution in [-0.2, 0) is 21.2 Å². The van der Waals surface area contributed by atoms with E-state index in [1.807, 2.05) is 31.2 Å². The first-order chi connectivity index (χ1) is 13.4. The van der Waals surface area contributed by atoms with Crippen molar-refractivity contribution in [1.29, 1.82) is 0 Å².